The van der Waals surface area contributed by atoms with Gasteiger partial charge in [0.2, 0.25) is 0 Å². The van der Waals surface area contributed by atoms with E-state index in [4.69, 9.17) is 14.2 Å². The van der Waals surface area contributed by atoms with Crippen LogP contribution in [0.2, 0.25) is 0 Å². The number of ether oxygens (including phenoxy) is 3. The van der Waals surface area contributed by atoms with E-state index in [0.29, 0.717) is 19.3 Å². The second kappa shape index (κ2) is 63.4. The van der Waals surface area contributed by atoms with Gasteiger partial charge in [0.1, 0.15) is 13.2 Å². The molecule has 0 spiro atoms. The number of unbranched alkanes of at least 4 members (excludes halogenated alkanes) is 36. The highest BCUT2D eigenvalue weighted by Crippen LogP contribution is 2.16. The Morgan fingerprint density at radius 2 is 0.480 bits per heavy atom. The summed E-state index contributed by atoms with van der Waals surface area (Å²) in [7, 11) is 0. The van der Waals surface area contributed by atoms with E-state index in [-0.39, 0.29) is 31.1 Å². The first-order valence-electron chi connectivity index (χ1n) is 32.4. The third kappa shape index (κ3) is 61.6. The summed E-state index contributed by atoms with van der Waals surface area (Å²) in [6.45, 7) is 6.62. The van der Waals surface area contributed by atoms with Gasteiger partial charge in [0.25, 0.3) is 0 Å². The molecule has 0 N–H and O–H groups in total. The van der Waals surface area contributed by atoms with Crippen molar-refractivity contribution in [2.24, 2.45) is 0 Å². The van der Waals surface area contributed by atoms with Gasteiger partial charge in [-0.3, -0.25) is 14.4 Å². The standard InChI is InChI=1S/C69H122O6/c1-4-7-10-13-16-19-21-23-25-27-29-31-33-34-36-37-39-41-43-45-47-50-53-56-59-62-68(71)74-65-66(64-73-67(70)61-58-55-52-49-18-15-12-9-6-3)75-69(72)63-60-57-54-51-48-46-44-42-40-38-35-32-30-28-26-24-22-20-17-14-11-8-5-2/h21-24,27-30,33-35,38,66H,4-20,25-26,31-32,36-37,39-65H2,1-3H3/b23-21-,24-22-,29-27-,30-28-,34-33-,38-35-. The Morgan fingerprint density at radius 1 is 0.267 bits per heavy atom. The zero-order valence-electron chi connectivity index (χ0n) is 49.8. The lowest BCUT2D eigenvalue weighted by Gasteiger charge is -2.18. The van der Waals surface area contributed by atoms with Crippen LogP contribution in [0.1, 0.15) is 329 Å². The van der Waals surface area contributed by atoms with Crippen LogP contribution in [0.15, 0.2) is 72.9 Å². The van der Waals surface area contributed by atoms with Crippen LogP contribution in [-0.4, -0.2) is 37.2 Å². The summed E-state index contributed by atoms with van der Waals surface area (Å²) in [5.41, 5.74) is 0. The fourth-order valence-electron chi connectivity index (χ4n) is 9.28. The van der Waals surface area contributed by atoms with Gasteiger partial charge in [0, 0.05) is 19.3 Å². The van der Waals surface area contributed by atoms with Gasteiger partial charge in [-0.25, -0.2) is 0 Å². The number of allylic oxidation sites excluding steroid dienone is 12. The van der Waals surface area contributed by atoms with Crippen LogP contribution in [0.5, 0.6) is 0 Å². The fourth-order valence-corrected chi connectivity index (χ4v) is 9.28. The Bertz CT molecular complexity index is 1390. The van der Waals surface area contributed by atoms with E-state index in [2.05, 4.69) is 93.7 Å². The van der Waals surface area contributed by atoms with Crippen LogP contribution < -0.4 is 0 Å². The zero-order valence-corrected chi connectivity index (χ0v) is 49.8. The first kappa shape index (κ1) is 71.8. The molecule has 0 rings (SSSR count). The lowest BCUT2D eigenvalue weighted by molar-refractivity contribution is -0.167. The largest absolute Gasteiger partial charge is 0.462 e. The third-order valence-electron chi connectivity index (χ3n) is 14.2. The summed E-state index contributed by atoms with van der Waals surface area (Å²) in [5, 5.41) is 0. The molecule has 0 aliphatic rings. The predicted octanol–water partition coefficient (Wildman–Crippen LogP) is 22.1. The van der Waals surface area contributed by atoms with E-state index < -0.39 is 6.10 Å². The molecular weight excluding hydrogens is 925 g/mol. The van der Waals surface area contributed by atoms with Gasteiger partial charge in [-0.15, -0.1) is 0 Å². The summed E-state index contributed by atoms with van der Waals surface area (Å²) < 4.78 is 16.9. The maximum Gasteiger partial charge on any atom is 0.306 e. The Kier molecular flexibility index (Phi) is 60.7. The predicted molar refractivity (Wildman–Crippen MR) is 325 cm³/mol. The zero-order chi connectivity index (χ0) is 54.3. The minimum absolute atomic E-state index is 0.0774. The van der Waals surface area contributed by atoms with Gasteiger partial charge >= 0.3 is 17.9 Å². The lowest BCUT2D eigenvalue weighted by Crippen LogP contribution is -2.30. The van der Waals surface area contributed by atoms with E-state index in [0.717, 1.165) is 89.9 Å². The highest BCUT2D eigenvalue weighted by atomic mass is 16.6. The van der Waals surface area contributed by atoms with Crippen molar-refractivity contribution >= 4 is 17.9 Å². The van der Waals surface area contributed by atoms with Gasteiger partial charge in [-0.05, 0) is 96.3 Å². The molecule has 0 aromatic carbocycles. The van der Waals surface area contributed by atoms with E-state index >= 15 is 0 Å². The number of esters is 3. The molecule has 434 valence electrons. The van der Waals surface area contributed by atoms with Crippen LogP contribution in [0.3, 0.4) is 0 Å². The van der Waals surface area contributed by atoms with E-state index in [1.807, 2.05) is 0 Å². The smallest absolute Gasteiger partial charge is 0.306 e. The molecule has 6 heteroatoms. The topological polar surface area (TPSA) is 78.9 Å². The molecule has 0 aromatic rings. The number of carbonyl (C=O) groups is 3. The quantitative estimate of drug-likeness (QED) is 0.0261. The molecule has 0 saturated carbocycles. The average Bonchev–Trinajstić information content (AvgIpc) is 3.41. The average molecular weight is 1050 g/mol. The molecule has 0 bridgehead atoms. The van der Waals surface area contributed by atoms with Crippen molar-refractivity contribution in [2.75, 3.05) is 13.2 Å². The molecule has 0 aromatic heterocycles. The van der Waals surface area contributed by atoms with Crippen molar-refractivity contribution < 1.29 is 28.6 Å². The molecule has 0 heterocycles. The minimum Gasteiger partial charge on any atom is -0.462 e. The van der Waals surface area contributed by atoms with Crippen LogP contribution in [-0.2, 0) is 28.6 Å². The van der Waals surface area contributed by atoms with Crippen molar-refractivity contribution in [3.05, 3.63) is 72.9 Å². The summed E-state index contributed by atoms with van der Waals surface area (Å²) >= 11 is 0. The Labute approximate surface area is 465 Å². The fraction of sp³-hybridized carbons (Fsp3) is 0.783. The molecule has 0 aliphatic carbocycles. The summed E-state index contributed by atoms with van der Waals surface area (Å²) in [5.74, 6) is -0.878. The van der Waals surface area contributed by atoms with Crippen molar-refractivity contribution in [1.29, 1.82) is 0 Å². The molecule has 0 aliphatic heterocycles. The highest BCUT2D eigenvalue weighted by molar-refractivity contribution is 5.71. The first-order chi connectivity index (χ1) is 37.0. The summed E-state index contributed by atoms with van der Waals surface area (Å²) in [6.07, 6.45) is 82.0. The van der Waals surface area contributed by atoms with Gasteiger partial charge in [0.05, 0.1) is 0 Å². The second-order valence-electron chi connectivity index (χ2n) is 21.7. The Balaban J connectivity index is 4.23. The first-order valence-corrected chi connectivity index (χ1v) is 32.4. The van der Waals surface area contributed by atoms with E-state index in [9.17, 15) is 14.4 Å². The van der Waals surface area contributed by atoms with Crippen LogP contribution in [0.25, 0.3) is 0 Å². The van der Waals surface area contributed by atoms with Crippen molar-refractivity contribution in [1.82, 2.24) is 0 Å². The summed E-state index contributed by atoms with van der Waals surface area (Å²) in [6, 6.07) is 0. The maximum atomic E-state index is 12.9. The molecule has 0 saturated heterocycles. The molecule has 1 atom stereocenters. The molecule has 0 amide bonds. The van der Waals surface area contributed by atoms with Gasteiger partial charge < -0.3 is 14.2 Å². The van der Waals surface area contributed by atoms with E-state index in [1.54, 1.807) is 0 Å². The van der Waals surface area contributed by atoms with Gasteiger partial charge in [0.15, 0.2) is 6.10 Å². The number of rotatable bonds is 59. The number of hydrogen-bond donors (Lipinski definition) is 0. The van der Waals surface area contributed by atoms with Crippen molar-refractivity contribution in [2.45, 2.75) is 335 Å². The normalized spacial score (nSPS) is 12.5. The van der Waals surface area contributed by atoms with Crippen molar-refractivity contribution in [3.8, 4) is 0 Å². The molecule has 1 unspecified atom stereocenters. The third-order valence-corrected chi connectivity index (χ3v) is 14.2. The van der Waals surface area contributed by atoms with Crippen molar-refractivity contribution in [3.63, 3.8) is 0 Å². The monoisotopic (exact) mass is 1050 g/mol. The van der Waals surface area contributed by atoms with Crippen LogP contribution >= 0.6 is 0 Å². The van der Waals surface area contributed by atoms with Gasteiger partial charge in [-0.2, -0.15) is 0 Å². The lowest BCUT2D eigenvalue weighted by atomic mass is 10.1. The Hall–Kier alpha value is -3.15. The minimum atomic E-state index is -0.780. The molecule has 0 fully saturated rings. The van der Waals surface area contributed by atoms with E-state index in [1.165, 1.54) is 199 Å². The van der Waals surface area contributed by atoms with Gasteiger partial charge in [-0.1, -0.05) is 286 Å². The SMILES string of the molecule is CCCCCCC/C=C\C/C=C\C/C=C\CCCCCCCCCCCCC(=O)OCC(COC(=O)CCCCCCCCCCC)OC(=O)CCCCCCCCCC/C=C\C/C=C\C/C=C\CCCCCCC. The Morgan fingerprint density at radius 3 is 0.747 bits per heavy atom. The number of hydrogen-bond acceptors (Lipinski definition) is 6. The summed E-state index contributed by atoms with van der Waals surface area (Å²) in [4.78, 5) is 38.2. The maximum absolute atomic E-state index is 12.9. The highest BCUT2D eigenvalue weighted by Gasteiger charge is 2.19. The molecular formula is C69H122O6. The van der Waals surface area contributed by atoms with Crippen LogP contribution in [0.4, 0.5) is 0 Å². The molecule has 6 nitrogen and oxygen atoms in total. The number of carbonyl (C=O) groups excluding carboxylic acids is 3. The van der Waals surface area contributed by atoms with Crippen LogP contribution in [0, 0.1) is 0 Å². The molecule has 0 radical (unpaired) electrons. The second-order valence-corrected chi connectivity index (χ2v) is 21.7. The molecule has 75 heavy (non-hydrogen) atoms.